The van der Waals surface area contributed by atoms with Gasteiger partial charge in [-0.15, -0.1) is 0 Å². The minimum atomic E-state index is -0.345. The summed E-state index contributed by atoms with van der Waals surface area (Å²) in [5.41, 5.74) is 4.39. The van der Waals surface area contributed by atoms with Gasteiger partial charge in [0.05, 0.1) is 12.1 Å². The fourth-order valence-electron chi connectivity index (χ4n) is 2.50. The van der Waals surface area contributed by atoms with Gasteiger partial charge in [-0.05, 0) is 54.4 Å². The Balaban J connectivity index is 1.66. The first-order chi connectivity index (χ1) is 12.5. The second-order valence-electron chi connectivity index (χ2n) is 5.69. The van der Waals surface area contributed by atoms with Crippen molar-refractivity contribution in [1.82, 2.24) is 4.98 Å². The number of pyridine rings is 1. The molecule has 0 bridgehead atoms. The van der Waals surface area contributed by atoms with E-state index in [-0.39, 0.29) is 6.03 Å². The van der Waals surface area contributed by atoms with Gasteiger partial charge in [0, 0.05) is 29.3 Å². The van der Waals surface area contributed by atoms with Crippen molar-refractivity contribution < 1.29 is 9.53 Å². The van der Waals surface area contributed by atoms with Gasteiger partial charge in [0.15, 0.2) is 0 Å². The number of anilines is 2. The first kappa shape index (κ1) is 17.8. The van der Waals surface area contributed by atoms with Crippen LogP contribution in [0.15, 0.2) is 60.8 Å². The second kappa shape index (κ2) is 7.89. The molecule has 132 valence electrons. The lowest BCUT2D eigenvalue weighted by molar-refractivity contribution is 0.262. The molecule has 0 fully saturated rings. The smallest absolute Gasteiger partial charge is 0.323 e. The molecule has 3 aromatic rings. The van der Waals surface area contributed by atoms with E-state index in [0.29, 0.717) is 22.1 Å². The van der Waals surface area contributed by atoms with Crippen LogP contribution in [-0.4, -0.2) is 18.1 Å². The zero-order valence-electron chi connectivity index (χ0n) is 14.4. The van der Waals surface area contributed by atoms with Crippen LogP contribution in [0.5, 0.6) is 5.75 Å². The Morgan fingerprint density at radius 1 is 0.962 bits per heavy atom. The maximum atomic E-state index is 12.2. The first-order valence-corrected chi connectivity index (χ1v) is 8.37. The molecule has 0 atom stereocenters. The molecule has 26 heavy (non-hydrogen) atoms. The number of carbonyl (C=O) groups is 1. The quantitative estimate of drug-likeness (QED) is 0.652. The number of methoxy groups -OCH3 is 1. The summed E-state index contributed by atoms with van der Waals surface area (Å²) in [5.74, 6) is 0.501. The number of carbonyl (C=O) groups excluding carboxylic acids is 1. The molecule has 0 unspecified atom stereocenters. The summed E-state index contributed by atoms with van der Waals surface area (Å²) in [6, 6.07) is 16.3. The van der Waals surface area contributed by atoms with Crippen LogP contribution in [-0.2, 0) is 0 Å². The predicted molar refractivity (Wildman–Crippen MR) is 105 cm³/mol. The largest absolute Gasteiger partial charge is 0.495 e. The average Bonchev–Trinajstić information content (AvgIpc) is 2.64. The van der Waals surface area contributed by atoms with Gasteiger partial charge in [-0.1, -0.05) is 23.7 Å². The predicted octanol–water partition coefficient (Wildman–Crippen LogP) is 5.36. The third kappa shape index (κ3) is 4.32. The molecule has 2 aromatic carbocycles. The normalized spacial score (nSPS) is 10.3. The summed E-state index contributed by atoms with van der Waals surface area (Å²) < 4.78 is 5.14. The molecule has 0 saturated carbocycles. The van der Waals surface area contributed by atoms with Crippen LogP contribution in [0, 0.1) is 6.92 Å². The number of nitrogens with one attached hydrogen (secondary N) is 2. The van der Waals surface area contributed by atoms with Crippen LogP contribution in [0.2, 0.25) is 5.02 Å². The maximum absolute atomic E-state index is 12.2. The van der Waals surface area contributed by atoms with Crippen molar-refractivity contribution in [2.45, 2.75) is 6.92 Å². The molecule has 2 N–H and O–H groups in total. The molecule has 1 aromatic heterocycles. The Morgan fingerprint density at radius 2 is 1.65 bits per heavy atom. The molecule has 2 amide bonds. The van der Waals surface area contributed by atoms with E-state index in [1.807, 2.05) is 43.3 Å². The van der Waals surface area contributed by atoms with Crippen molar-refractivity contribution in [3.63, 3.8) is 0 Å². The monoisotopic (exact) mass is 367 g/mol. The molecule has 1 heterocycles. The van der Waals surface area contributed by atoms with Gasteiger partial charge >= 0.3 is 6.03 Å². The molecule has 6 heteroatoms. The summed E-state index contributed by atoms with van der Waals surface area (Å²) in [5, 5.41) is 6.03. The van der Waals surface area contributed by atoms with Crippen LogP contribution in [0.25, 0.3) is 11.1 Å². The molecule has 0 aliphatic rings. The first-order valence-electron chi connectivity index (χ1n) is 8.00. The van der Waals surface area contributed by atoms with Gasteiger partial charge in [-0.2, -0.15) is 0 Å². The van der Waals surface area contributed by atoms with Gasteiger partial charge in [0.1, 0.15) is 5.75 Å². The minimum absolute atomic E-state index is 0.345. The Kier molecular flexibility index (Phi) is 5.39. The number of amides is 2. The SMILES string of the molecule is COc1cc(NC(=O)Nc2ccc(-c3ccnc(C)c3)cc2)ccc1Cl. The number of benzene rings is 2. The zero-order chi connectivity index (χ0) is 18.5. The highest BCUT2D eigenvalue weighted by molar-refractivity contribution is 6.32. The number of rotatable bonds is 4. The molecule has 5 nitrogen and oxygen atoms in total. The van der Waals surface area contributed by atoms with E-state index in [9.17, 15) is 4.79 Å². The Labute approximate surface area is 157 Å². The van der Waals surface area contributed by atoms with Gasteiger partial charge in [-0.3, -0.25) is 4.98 Å². The van der Waals surface area contributed by atoms with Crippen molar-refractivity contribution >= 4 is 29.0 Å². The molecule has 0 spiro atoms. The third-order valence-corrected chi connectivity index (χ3v) is 4.09. The highest BCUT2D eigenvalue weighted by Gasteiger charge is 2.07. The number of hydrogen-bond acceptors (Lipinski definition) is 3. The van der Waals surface area contributed by atoms with E-state index in [2.05, 4.69) is 15.6 Å². The molecule has 0 aliphatic heterocycles. The standard InChI is InChI=1S/C20H18ClN3O2/c1-13-11-15(9-10-22-13)14-3-5-16(6-4-14)23-20(25)24-17-7-8-18(21)19(12-17)26-2/h3-12H,1-2H3,(H2,23,24,25). The molecule has 0 radical (unpaired) electrons. The lowest BCUT2D eigenvalue weighted by Gasteiger charge is -2.10. The third-order valence-electron chi connectivity index (χ3n) is 3.78. The number of aryl methyl sites for hydroxylation is 1. The molecular formula is C20H18ClN3O2. The van der Waals surface area contributed by atoms with Gasteiger partial charge in [-0.25, -0.2) is 4.79 Å². The lowest BCUT2D eigenvalue weighted by Crippen LogP contribution is -2.19. The Morgan fingerprint density at radius 3 is 2.35 bits per heavy atom. The zero-order valence-corrected chi connectivity index (χ0v) is 15.2. The second-order valence-corrected chi connectivity index (χ2v) is 6.10. The minimum Gasteiger partial charge on any atom is -0.495 e. The van der Waals surface area contributed by atoms with Gasteiger partial charge < -0.3 is 15.4 Å². The number of hydrogen-bond donors (Lipinski definition) is 2. The number of nitrogens with zero attached hydrogens (tertiary/aromatic N) is 1. The Bertz CT molecular complexity index is 927. The molecular weight excluding hydrogens is 350 g/mol. The highest BCUT2D eigenvalue weighted by Crippen LogP contribution is 2.27. The van der Waals surface area contributed by atoms with Crippen molar-refractivity contribution in [1.29, 1.82) is 0 Å². The number of halogens is 1. The van der Waals surface area contributed by atoms with Crippen molar-refractivity contribution in [3.05, 3.63) is 71.5 Å². The topological polar surface area (TPSA) is 63.2 Å². The molecule has 0 aliphatic carbocycles. The number of urea groups is 1. The average molecular weight is 368 g/mol. The summed E-state index contributed by atoms with van der Waals surface area (Å²) in [4.78, 5) is 16.4. The van der Waals surface area contributed by atoms with E-state index < -0.39 is 0 Å². The highest BCUT2D eigenvalue weighted by atomic mass is 35.5. The van der Waals surface area contributed by atoms with Gasteiger partial charge in [0.2, 0.25) is 0 Å². The molecule has 3 rings (SSSR count). The van der Waals surface area contributed by atoms with Crippen LogP contribution in [0.4, 0.5) is 16.2 Å². The maximum Gasteiger partial charge on any atom is 0.323 e. The van der Waals surface area contributed by atoms with Crippen molar-refractivity contribution in [2.24, 2.45) is 0 Å². The Hall–Kier alpha value is -3.05. The van der Waals surface area contributed by atoms with Crippen LogP contribution >= 0.6 is 11.6 Å². The van der Waals surface area contributed by atoms with Crippen molar-refractivity contribution in [2.75, 3.05) is 17.7 Å². The van der Waals surface area contributed by atoms with E-state index in [1.165, 1.54) is 7.11 Å². The van der Waals surface area contributed by atoms with E-state index in [0.717, 1.165) is 16.8 Å². The van der Waals surface area contributed by atoms with Crippen molar-refractivity contribution in [3.8, 4) is 16.9 Å². The van der Waals surface area contributed by atoms with E-state index >= 15 is 0 Å². The fourth-order valence-corrected chi connectivity index (χ4v) is 2.70. The lowest BCUT2D eigenvalue weighted by atomic mass is 10.1. The summed E-state index contributed by atoms with van der Waals surface area (Å²) in [6.45, 7) is 1.95. The summed E-state index contributed by atoms with van der Waals surface area (Å²) in [7, 11) is 1.52. The fraction of sp³-hybridized carbons (Fsp3) is 0.100. The number of aromatic nitrogens is 1. The van der Waals surface area contributed by atoms with Crippen LogP contribution < -0.4 is 15.4 Å². The summed E-state index contributed by atoms with van der Waals surface area (Å²) in [6.07, 6.45) is 1.78. The van der Waals surface area contributed by atoms with Gasteiger partial charge in [0.25, 0.3) is 0 Å². The summed E-state index contributed by atoms with van der Waals surface area (Å²) >= 11 is 5.98. The van der Waals surface area contributed by atoms with Crippen LogP contribution in [0.1, 0.15) is 5.69 Å². The van der Waals surface area contributed by atoms with Crippen LogP contribution in [0.3, 0.4) is 0 Å². The van der Waals surface area contributed by atoms with E-state index in [1.54, 1.807) is 24.4 Å². The van der Waals surface area contributed by atoms with E-state index in [4.69, 9.17) is 16.3 Å². The number of ether oxygens (including phenoxy) is 1. The molecule has 0 saturated heterocycles.